The summed E-state index contributed by atoms with van der Waals surface area (Å²) in [5.74, 6) is 1.48. The Balaban J connectivity index is 1.59. The summed E-state index contributed by atoms with van der Waals surface area (Å²) in [7, 11) is 5.71. The number of nitrogens with zero attached hydrogens (tertiary/aromatic N) is 3. The molecular formula is C28H33N5O2. The highest BCUT2D eigenvalue weighted by Crippen LogP contribution is 2.28. The van der Waals surface area contributed by atoms with Crippen molar-refractivity contribution in [3.63, 3.8) is 0 Å². The maximum Gasteiger partial charge on any atom is 0.251 e. The van der Waals surface area contributed by atoms with Crippen LogP contribution < -0.4 is 15.4 Å². The van der Waals surface area contributed by atoms with Gasteiger partial charge < -0.3 is 20.3 Å². The molecule has 182 valence electrons. The monoisotopic (exact) mass is 471 g/mol. The minimum absolute atomic E-state index is 0.0712. The lowest BCUT2D eigenvalue weighted by Crippen LogP contribution is -2.27. The number of benzene rings is 3. The zero-order valence-corrected chi connectivity index (χ0v) is 20.6. The van der Waals surface area contributed by atoms with Gasteiger partial charge in [-0.2, -0.15) is 0 Å². The number of rotatable bonds is 11. The molecule has 0 aliphatic heterocycles. The predicted octanol–water partition coefficient (Wildman–Crippen LogP) is 4.37. The van der Waals surface area contributed by atoms with Crippen LogP contribution in [0, 0.1) is 0 Å². The average molecular weight is 472 g/mol. The third kappa shape index (κ3) is 6.19. The second-order valence-corrected chi connectivity index (χ2v) is 8.77. The molecule has 4 aromatic rings. The summed E-state index contributed by atoms with van der Waals surface area (Å²) >= 11 is 0. The lowest BCUT2D eigenvalue weighted by Gasteiger charge is -2.10. The average Bonchev–Trinajstić information content (AvgIpc) is 3.25. The Labute approximate surface area is 206 Å². The number of anilines is 1. The summed E-state index contributed by atoms with van der Waals surface area (Å²) in [5.41, 5.74) is 3.74. The van der Waals surface area contributed by atoms with Crippen LogP contribution in [0.4, 0.5) is 5.82 Å². The molecule has 0 aliphatic rings. The van der Waals surface area contributed by atoms with Crippen LogP contribution in [0.3, 0.4) is 0 Å². The minimum atomic E-state index is -0.0712. The molecule has 0 fully saturated rings. The summed E-state index contributed by atoms with van der Waals surface area (Å²) < 4.78 is 7.20. The lowest BCUT2D eigenvalue weighted by atomic mass is 10.1. The van der Waals surface area contributed by atoms with Gasteiger partial charge in [0.25, 0.3) is 5.91 Å². The molecule has 35 heavy (non-hydrogen) atoms. The Hall–Kier alpha value is -3.84. The van der Waals surface area contributed by atoms with E-state index in [-0.39, 0.29) is 5.91 Å². The van der Waals surface area contributed by atoms with Crippen molar-refractivity contribution in [3.8, 4) is 11.4 Å². The molecule has 0 saturated heterocycles. The smallest absolute Gasteiger partial charge is 0.251 e. The maximum atomic E-state index is 12.8. The molecule has 4 rings (SSSR count). The van der Waals surface area contributed by atoms with Crippen molar-refractivity contribution < 1.29 is 9.53 Å². The first-order valence-corrected chi connectivity index (χ1v) is 11.9. The van der Waals surface area contributed by atoms with E-state index in [1.165, 1.54) is 5.56 Å². The van der Waals surface area contributed by atoms with Gasteiger partial charge in [-0.05, 0) is 81.5 Å². The molecule has 7 heteroatoms. The van der Waals surface area contributed by atoms with Crippen molar-refractivity contribution >= 4 is 22.6 Å². The van der Waals surface area contributed by atoms with E-state index in [0.717, 1.165) is 54.1 Å². The molecule has 0 spiro atoms. The second-order valence-electron chi connectivity index (χ2n) is 8.77. The van der Waals surface area contributed by atoms with Crippen LogP contribution in [-0.4, -0.2) is 61.4 Å². The summed E-state index contributed by atoms with van der Waals surface area (Å²) in [6.07, 6.45) is 1.78. The van der Waals surface area contributed by atoms with Gasteiger partial charge >= 0.3 is 0 Å². The lowest BCUT2D eigenvalue weighted by molar-refractivity contribution is 0.0952. The number of carbonyl (C=O) groups is 1. The van der Waals surface area contributed by atoms with E-state index in [0.29, 0.717) is 12.1 Å². The van der Waals surface area contributed by atoms with Crippen molar-refractivity contribution in [2.75, 3.05) is 46.2 Å². The van der Waals surface area contributed by atoms with Crippen molar-refractivity contribution in [3.05, 3.63) is 83.9 Å². The van der Waals surface area contributed by atoms with Crippen LogP contribution in [0.25, 0.3) is 16.6 Å². The number of fused-ring (bicyclic) bond motifs is 1. The largest absolute Gasteiger partial charge is 0.497 e. The van der Waals surface area contributed by atoms with Crippen LogP contribution >= 0.6 is 0 Å². The molecule has 0 bridgehead atoms. The normalized spacial score (nSPS) is 11.1. The number of nitrogens with one attached hydrogen (secondary N) is 2. The van der Waals surface area contributed by atoms with Crippen LogP contribution in [0.1, 0.15) is 22.3 Å². The topological polar surface area (TPSA) is 71.4 Å². The zero-order chi connectivity index (χ0) is 24.6. The van der Waals surface area contributed by atoms with Crippen molar-refractivity contribution in [2.45, 2.75) is 12.8 Å². The first-order chi connectivity index (χ1) is 17.0. The van der Waals surface area contributed by atoms with Crippen LogP contribution in [0.2, 0.25) is 0 Å². The zero-order valence-electron chi connectivity index (χ0n) is 20.6. The van der Waals surface area contributed by atoms with Gasteiger partial charge in [0.1, 0.15) is 5.75 Å². The summed E-state index contributed by atoms with van der Waals surface area (Å²) in [6, 6.07) is 23.9. The molecule has 0 unspecified atom stereocenters. The van der Waals surface area contributed by atoms with E-state index in [1.807, 2.05) is 79.4 Å². The molecule has 1 amide bonds. The third-order valence-electron chi connectivity index (χ3n) is 5.88. The summed E-state index contributed by atoms with van der Waals surface area (Å²) in [6.45, 7) is 2.31. The van der Waals surface area contributed by atoms with E-state index < -0.39 is 0 Å². The first-order valence-electron chi connectivity index (χ1n) is 11.9. The Morgan fingerprint density at radius 2 is 1.77 bits per heavy atom. The predicted molar refractivity (Wildman–Crippen MR) is 142 cm³/mol. The van der Waals surface area contributed by atoms with Crippen molar-refractivity contribution in [1.82, 2.24) is 20.0 Å². The van der Waals surface area contributed by atoms with E-state index >= 15 is 0 Å². The fourth-order valence-corrected chi connectivity index (χ4v) is 3.98. The van der Waals surface area contributed by atoms with Crippen LogP contribution in [0.15, 0.2) is 72.8 Å². The maximum absolute atomic E-state index is 12.8. The molecule has 1 aromatic heterocycles. The first kappa shape index (κ1) is 24.3. The standard InChI is InChI=1S/C28H33N5O2/c1-32(2)19-7-17-30-28(34)22-10-15-26-25(20-22)27(29-18-16-21-8-5-4-6-9-21)31-33(26)23-11-13-24(35-3)14-12-23/h4-6,8-15,20H,7,16-19H2,1-3H3,(H,29,31)(H,30,34). The highest BCUT2D eigenvalue weighted by molar-refractivity contribution is 6.01. The van der Waals surface area contributed by atoms with Gasteiger partial charge in [0.2, 0.25) is 0 Å². The number of amides is 1. The molecule has 0 aliphatic carbocycles. The fraction of sp³-hybridized carbons (Fsp3) is 0.286. The number of hydrogen-bond acceptors (Lipinski definition) is 5. The highest BCUT2D eigenvalue weighted by Gasteiger charge is 2.15. The minimum Gasteiger partial charge on any atom is -0.497 e. The van der Waals surface area contributed by atoms with Crippen LogP contribution in [-0.2, 0) is 6.42 Å². The number of aromatic nitrogens is 2. The Morgan fingerprint density at radius 3 is 2.49 bits per heavy atom. The van der Waals surface area contributed by atoms with Gasteiger partial charge in [-0.1, -0.05) is 30.3 Å². The quantitative estimate of drug-likeness (QED) is 0.318. The number of methoxy groups -OCH3 is 1. The summed E-state index contributed by atoms with van der Waals surface area (Å²) in [4.78, 5) is 14.9. The fourth-order valence-electron chi connectivity index (χ4n) is 3.98. The summed E-state index contributed by atoms with van der Waals surface area (Å²) in [5, 5.41) is 12.3. The second kappa shape index (κ2) is 11.5. The van der Waals surface area contributed by atoms with Gasteiger partial charge in [-0.3, -0.25) is 4.79 Å². The molecule has 3 aromatic carbocycles. The van der Waals surface area contributed by atoms with Gasteiger partial charge in [-0.25, -0.2) is 4.68 Å². The van der Waals surface area contributed by atoms with E-state index in [4.69, 9.17) is 9.84 Å². The van der Waals surface area contributed by atoms with E-state index in [9.17, 15) is 4.79 Å². The van der Waals surface area contributed by atoms with Crippen molar-refractivity contribution in [2.24, 2.45) is 0 Å². The van der Waals surface area contributed by atoms with Crippen molar-refractivity contribution in [1.29, 1.82) is 0 Å². The molecule has 1 heterocycles. The van der Waals surface area contributed by atoms with Gasteiger partial charge in [-0.15, -0.1) is 5.10 Å². The molecule has 0 radical (unpaired) electrons. The van der Waals surface area contributed by atoms with Gasteiger partial charge in [0, 0.05) is 24.0 Å². The molecule has 0 atom stereocenters. The molecule has 0 saturated carbocycles. The van der Waals surface area contributed by atoms with Crippen LogP contribution in [0.5, 0.6) is 5.75 Å². The molecule has 2 N–H and O–H groups in total. The number of hydrogen-bond donors (Lipinski definition) is 2. The Bertz CT molecular complexity index is 1250. The SMILES string of the molecule is COc1ccc(-n2nc(NCCc3ccccc3)c3cc(C(=O)NCCCN(C)C)ccc32)cc1. The molecule has 7 nitrogen and oxygen atoms in total. The number of carbonyl (C=O) groups excluding carboxylic acids is 1. The highest BCUT2D eigenvalue weighted by atomic mass is 16.5. The van der Waals surface area contributed by atoms with E-state index in [2.05, 4.69) is 27.7 Å². The number of ether oxygens (including phenoxy) is 1. The Morgan fingerprint density at radius 1 is 1.00 bits per heavy atom. The van der Waals surface area contributed by atoms with Gasteiger partial charge in [0.15, 0.2) is 5.82 Å². The van der Waals surface area contributed by atoms with Gasteiger partial charge in [0.05, 0.1) is 18.3 Å². The Kier molecular flexibility index (Phi) is 8.00. The van der Waals surface area contributed by atoms with E-state index in [1.54, 1.807) is 7.11 Å². The molecular weight excluding hydrogens is 438 g/mol. The third-order valence-corrected chi connectivity index (χ3v) is 5.88.